The monoisotopic (exact) mass is 474 g/mol. The molecule has 1 fully saturated rings. The molecule has 1 unspecified atom stereocenters. The Balaban J connectivity index is 1.55. The van der Waals surface area contributed by atoms with Gasteiger partial charge in [0.15, 0.2) is 18.1 Å². The Hall–Kier alpha value is -3.98. The molecule has 178 valence electrons. The van der Waals surface area contributed by atoms with E-state index >= 15 is 0 Å². The van der Waals surface area contributed by atoms with E-state index in [9.17, 15) is 33.9 Å². The highest BCUT2D eigenvalue weighted by molar-refractivity contribution is 6.27. The molecule has 0 radical (unpaired) electrons. The molecule has 3 atom stereocenters. The molecule has 0 spiro atoms. The van der Waals surface area contributed by atoms with E-state index < -0.39 is 47.6 Å². The van der Waals surface area contributed by atoms with E-state index in [1.807, 2.05) is 0 Å². The Labute approximate surface area is 200 Å². The predicted octanol–water partition coefficient (Wildman–Crippen LogP) is 1.64. The molecule has 1 aliphatic carbocycles. The van der Waals surface area contributed by atoms with E-state index in [1.165, 1.54) is 24.3 Å². The number of carbonyl (C=O) groups excluding carboxylic acids is 6. The highest BCUT2D eigenvalue weighted by Crippen LogP contribution is 2.35. The van der Waals surface area contributed by atoms with Crippen LogP contribution in [0, 0.1) is 5.92 Å². The molecule has 5 rings (SSSR count). The molecule has 0 saturated heterocycles. The standard InChI is InChI=1S/C26H22N2O7/c29-13-19(27-23(32)15-9-3-4-10-16(15)24(27)33)22(31)20(21(30)14-7-1-2-8-14)28-25(34)17-11-5-6-12-18(17)26(28)35/h3-6,9-14,19-21,30H,1-2,7-8H2/t19?,20-,21-/m0/s1. The highest BCUT2D eigenvalue weighted by atomic mass is 16.3. The number of aliphatic hydroxyl groups is 1. The van der Waals surface area contributed by atoms with Crippen molar-refractivity contribution in [2.45, 2.75) is 43.9 Å². The summed E-state index contributed by atoms with van der Waals surface area (Å²) in [5, 5.41) is 11.3. The summed E-state index contributed by atoms with van der Waals surface area (Å²) in [7, 11) is 0. The molecular weight excluding hydrogens is 452 g/mol. The van der Waals surface area contributed by atoms with Gasteiger partial charge in [-0.2, -0.15) is 0 Å². The Kier molecular flexibility index (Phi) is 5.64. The molecule has 1 N–H and O–H groups in total. The van der Waals surface area contributed by atoms with Gasteiger partial charge in [0.25, 0.3) is 23.6 Å². The summed E-state index contributed by atoms with van der Waals surface area (Å²) in [6, 6.07) is 8.33. The molecule has 0 bridgehead atoms. The number of fused-ring (bicyclic) bond motifs is 2. The van der Waals surface area contributed by atoms with Crippen molar-refractivity contribution in [2.75, 3.05) is 0 Å². The quantitative estimate of drug-likeness (QED) is 0.367. The molecule has 0 aromatic heterocycles. The summed E-state index contributed by atoms with van der Waals surface area (Å²) < 4.78 is 0. The molecule has 2 aliphatic heterocycles. The number of carbonyl (C=O) groups is 6. The second-order valence-corrected chi connectivity index (χ2v) is 9.02. The minimum Gasteiger partial charge on any atom is -0.390 e. The molecule has 2 aromatic carbocycles. The zero-order valence-electron chi connectivity index (χ0n) is 18.6. The summed E-state index contributed by atoms with van der Waals surface area (Å²) in [5.41, 5.74) is 0.256. The fraction of sp³-hybridized carbons (Fsp3) is 0.308. The Morgan fingerprint density at radius 1 is 0.771 bits per heavy atom. The summed E-state index contributed by atoms with van der Waals surface area (Å²) in [6.07, 6.45) is 1.46. The predicted molar refractivity (Wildman–Crippen MR) is 120 cm³/mol. The van der Waals surface area contributed by atoms with Crippen LogP contribution in [-0.4, -0.2) is 68.8 Å². The largest absolute Gasteiger partial charge is 0.390 e. The Morgan fingerprint density at radius 3 is 1.57 bits per heavy atom. The normalized spacial score (nSPS) is 20.1. The second-order valence-electron chi connectivity index (χ2n) is 9.02. The van der Waals surface area contributed by atoms with Gasteiger partial charge in [-0.25, -0.2) is 0 Å². The van der Waals surface area contributed by atoms with Gasteiger partial charge in [-0.1, -0.05) is 37.1 Å². The first kappa shape index (κ1) is 22.8. The van der Waals surface area contributed by atoms with Gasteiger partial charge in [0, 0.05) is 0 Å². The number of nitrogens with zero attached hydrogens (tertiary/aromatic N) is 2. The van der Waals surface area contributed by atoms with E-state index in [0.717, 1.165) is 12.8 Å². The average Bonchev–Trinajstić information content (AvgIpc) is 3.56. The zero-order valence-corrected chi connectivity index (χ0v) is 18.6. The van der Waals surface area contributed by atoms with E-state index in [2.05, 4.69) is 0 Å². The number of aldehydes is 1. The van der Waals surface area contributed by atoms with E-state index in [1.54, 1.807) is 24.3 Å². The minimum atomic E-state index is -1.91. The smallest absolute Gasteiger partial charge is 0.262 e. The van der Waals surface area contributed by atoms with Crippen molar-refractivity contribution in [1.82, 2.24) is 9.80 Å². The lowest BCUT2D eigenvalue weighted by atomic mass is 9.88. The molecule has 9 nitrogen and oxygen atoms in total. The van der Waals surface area contributed by atoms with Crippen LogP contribution < -0.4 is 0 Å². The lowest BCUT2D eigenvalue weighted by Gasteiger charge is -2.34. The van der Waals surface area contributed by atoms with Crippen LogP contribution in [0.5, 0.6) is 0 Å². The van der Waals surface area contributed by atoms with Crippen molar-refractivity contribution in [3.63, 3.8) is 0 Å². The number of imide groups is 2. The SMILES string of the molecule is O=CC(C(=O)[C@H]([C@@H](O)C1CCCC1)N1C(=O)c2ccccc2C1=O)N1C(=O)c2ccccc2C1=O. The third-order valence-corrected chi connectivity index (χ3v) is 7.13. The number of amides is 4. The van der Waals surface area contributed by atoms with Gasteiger partial charge in [-0.05, 0) is 43.0 Å². The fourth-order valence-electron chi connectivity index (χ4n) is 5.36. The van der Waals surface area contributed by atoms with Crippen LogP contribution in [0.1, 0.15) is 67.1 Å². The van der Waals surface area contributed by atoms with Crippen molar-refractivity contribution in [3.8, 4) is 0 Å². The lowest BCUT2D eigenvalue weighted by Crippen LogP contribution is -2.60. The summed E-state index contributed by atoms with van der Waals surface area (Å²) in [5.74, 6) is -4.63. The maximum absolute atomic E-state index is 13.8. The molecule has 2 aromatic rings. The highest BCUT2D eigenvalue weighted by Gasteiger charge is 2.52. The van der Waals surface area contributed by atoms with Crippen LogP contribution in [-0.2, 0) is 9.59 Å². The second kappa shape index (κ2) is 8.66. The van der Waals surface area contributed by atoms with Crippen LogP contribution >= 0.6 is 0 Å². The zero-order chi connectivity index (χ0) is 24.9. The third kappa shape index (κ3) is 3.42. The molecule has 4 amide bonds. The first-order valence-electron chi connectivity index (χ1n) is 11.5. The van der Waals surface area contributed by atoms with Gasteiger partial charge in [0.05, 0.1) is 28.4 Å². The number of aliphatic hydroxyl groups excluding tert-OH is 1. The van der Waals surface area contributed by atoms with Crippen LogP contribution in [0.15, 0.2) is 48.5 Å². The van der Waals surface area contributed by atoms with Crippen LogP contribution in [0.4, 0.5) is 0 Å². The third-order valence-electron chi connectivity index (χ3n) is 7.13. The number of hydrogen-bond donors (Lipinski definition) is 1. The van der Waals surface area contributed by atoms with E-state index in [-0.39, 0.29) is 34.5 Å². The molecule has 35 heavy (non-hydrogen) atoms. The molecule has 9 heteroatoms. The van der Waals surface area contributed by atoms with Crippen molar-refractivity contribution >= 4 is 35.7 Å². The Morgan fingerprint density at radius 2 is 1.17 bits per heavy atom. The van der Waals surface area contributed by atoms with Gasteiger partial charge < -0.3 is 9.90 Å². The fourth-order valence-corrected chi connectivity index (χ4v) is 5.36. The average molecular weight is 474 g/mol. The molecule has 1 saturated carbocycles. The number of ketones is 1. The van der Waals surface area contributed by atoms with E-state index in [4.69, 9.17) is 0 Å². The molecule has 2 heterocycles. The number of rotatable bonds is 7. The summed E-state index contributed by atoms with van der Waals surface area (Å²) in [4.78, 5) is 79.6. The molecule has 3 aliphatic rings. The van der Waals surface area contributed by atoms with Gasteiger partial charge >= 0.3 is 0 Å². The van der Waals surface area contributed by atoms with Crippen molar-refractivity contribution < 1.29 is 33.9 Å². The summed E-state index contributed by atoms with van der Waals surface area (Å²) >= 11 is 0. The lowest BCUT2D eigenvalue weighted by molar-refractivity contribution is -0.134. The maximum Gasteiger partial charge on any atom is 0.262 e. The van der Waals surface area contributed by atoms with Gasteiger partial charge in [0.2, 0.25) is 0 Å². The first-order valence-corrected chi connectivity index (χ1v) is 11.5. The number of benzene rings is 2. The van der Waals surface area contributed by atoms with Crippen LogP contribution in [0.25, 0.3) is 0 Å². The van der Waals surface area contributed by atoms with Crippen LogP contribution in [0.3, 0.4) is 0 Å². The Bertz CT molecular complexity index is 1210. The van der Waals surface area contributed by atoms with Gasteiger partial charge in [-0.15, -0.1) is 0 Å². The van der Waals surface area contributed by atoms with Gasteiger partial charge in [0.1, 0.15) is 6.04 Å². The van der Waals surface area contributed by atoms with Crippen LogP contribution in [0.2, 0.25) is 0 Å². The maximum atomic E-state index is 13.8. The first-order chi connectivity index (χ1) is 16.9. The summed E-state index contributed by atoms with van der Waals surface area (Å²) in [6.45, 7) is 0. The van der Waals surface area contributed by atoms with Crippen molar-refractivity contribution in [3.05, 3.63) is 70.8 Å². The van der Waals surface area contributed by atoms with E-state index in [0.29, 0.717) is 22.6 Å². The molecular formula is C26H22N2O7. The minimum absolute atomic E-state index is 0.0470. The topological polar surface area (TPSA) is 129 Å². The van der Waals surface area contributed by atoms with Gasteiger partial charge in [-0.3, -0.25) is 33.8 Å². The number of Topliss-reactive ketones (excluding diaryl/α,β-unsaturated/α-hetero) is 1. The van der Waals surface area contributed by atoms with Crippen molar-refractivity contribution in [2.24, 2.45) is 5.92 Å². The number of hydrogen-bond acceptors (Lipinski definition) is 7. The van der Waals surface area contributed by atoms with Crippen molar-refractivity contribution in [1.29, 1.82) is 0 Å².